The molecule has 0 aromatic rings. The quantitative estimate of drug-likeness (QED) is 0.572. The van der Waals surface area contributed by atoms with Gasteiger partial charge in [-0.3, -0.25) is 4.79 Å². The van der Waals surface area contributed by atoms with Gasteiger partial charge in [0, 0.05) is 6.08 Å². The molecule has 2 rings (SSSR count). The van der Waals surface area contributed by atoms with E-state index in [-0.39, 0.29) is 11.4 Å². The number of hydrogen-bond donors (Lipinski definition) is 0. The number of hydrogen-bond acceptors (Lipinski definition) is 2. The van der Waals surface area contributed by atoms with Gasteiger partial charge in [-0.15, -0.1) is 0 Å². The molecule has 13 heavy (non-hydrogen) atoms. The molecule has 1 spiro atoms. The zero-order valence-corrected chi connectivity index (χ0v) is 8.14. The Morgan fingerprint density at radius 1 is 1.31 bits per heavy atom. The minimum Gasteiger partial charge on any atom is -0.491 e. The number of carbonyl (C=O) groups excluding carboxylic acids is 1. The lowest BCUT2D eigenvalue weighted by Crippen LogP contribution is -2.39. The summed E-state index contributed by atoms with van der Waals surface area (Å²) in [4.78, 5) is 11.4. The van der Waals surface area contributed by atoms with Gasteiger partial charge in [-0.1, -0.05) is 6.42 Å². The van der Waals surface area contributed by atoms with Crippen molar-refractivity contribution in [3.8, 4) is 0 Å². The van der Waals surface area contributed by atoms with E-state index in [1.165, 1.54) is 19.3 Å². The highest BCUT2D eigenvalue weighted by molar-refractivity contribution is 5.91. The van der Waals surface area contributed by atoms with Gasteiger partial charge in [0.05, 0.1) is 12.2 Å². The van der Waals surface area contributed by atoms with Crippen molar-refractivity contribution in [1.29, 1.82) is 0 Å². The van der Waals surface area contributed by atoms with E-state index in [1.54, 1.807) is 6.08 Å². The van der Waals surface area contributed by atoms with Crippen molar-refractivity contribution in [1.82, 2.24) is 0 Å². The van der Waals surface area contributed by atoms with Crippen molar-refractivity contribution in [2.75, 3.05) is 0 Å². The van der Waals surface area contributed by atoms with Crippen LogP contribution in [0.1, 0.15) is 45.4 Å². The van der Waals surface area contributed by atoms with Crippen LogP contribution in [0.3, 0.4) is 0 Å². The van der Waals surface area contributed by atoms with Gasteiger partial charge in [-0.05, 0) is 32.6 Å². The van der Waals surface area contributed by atoms with E-state index in [0.29, 0.717) is 6.42 Å². The van der Waals surface area contributed by atoms with Gasteiger partial charge in [0.2, 0.25) is 0 Å². The smallest absolute Gasteiger partial charge is 0.163 e. The summed E-state index contributed by atoms with van der Waals surface area (Å²) >= 11 is 0. The Hall–Kier alpha value is -0.790. The van der Waals surface area contributed by atoms with Crippen molar-refractivity contribution in [3.63, 3.8) is 0 Å². The maximum absolute atomic E-state index is 11.4. The van der Waals surface area contributed by atoms with E-state index < -0.39 is 0 Å². The standard InChI is InChI=1S/C11H16O2/c1-9-7-10(12)8-11(13-9)5-3-2-4-6-11/h7H,2-6,8H2,1H3. The minimum absolute atomic E-state index is 0.117. The summed E-state index contributed by atoms with van der Waals surface area (Å²) in [6.07, 6.45) is 8.06. The van der Waals surface area contributed by atoms with E-state index in [2.05, 4.69) is 0 Å². The molecule has 0 amide bonds. The third kappa shape index (κ3) is 1.77. The van der Waals surface area contributed by atoms with Crippen molar-refractivity contribution < 1.29 is 9.53 Å². The fraction of sp³-hybridized carbons (Fsp3) is 0.727. The lowest BCUT2D eigenvalue weighted by Gasteiger charge is -2.39. The predicted octanol–water partition coefficient (Wildman–Crippen LogP) is 2.58. The monoisotopic (exact) mass is 180 g/mol. The lowest BCUT2D eigenvalue weighted by molar-refractivity contribution is -0.126. The van der Waals surface area contributed by atoms with Crippen molar-refractivity contribution in [2.24, 2.45) is 0 Å². The van der Waals surface area contributed by atoms with Crippen LogP contribution in [0.15, 0.2) is 11.8 Å². The number of carbonyl (C=O) groups is 1. The van der Waals surface area contributed by atoms with Crippen molar-refractivity contribution >= 4 is 5.78 Å². The number of allylic oxidation sites excluding steroid dienone is 2. The van der Waals surface area contributed by atoms with E-state index in [9.17, 15) is 4.79 Å². The van der Waals surface area contributed by atoms with Gasteiger partial charge < -0.3 is 4.74 Å². The molecular weight excluding hydrogens is 164 g/mol. The summed E-state index contributed by atoms with van der Waals surface area (Å²) in [5, 5.41) is 0. The summed E-state index contributed by atoms with van der Waals surface area (Å²) in [7, 11) is 0. The summed E-state index contributed by atoms with van der Waals surface area (Å²) in [5.74, 6) is 1.05. The molecule has 2 nitrogen and oxygen atoms in total. The minimum atomic E-state index is -0.117. The van der Waals surface area contributed by atoms with Crippen LogP contribution in [-0.2, 0) is 9.53 Å². The first-order valence-electron chi connectivity index (χ1n) is 5.10. The second-order valence-electron chi connectivity index (χ2n) is 4.24. The first-order valence-corrected chi connectivity index (χ1v) is 5.10. The van der Waals surface area contributed by atoms with Crippen LogP contribution in [0.5, 0.6) is 0 Å². The molecule has 1 aliphatic carbocycles. The summed E-state index contributed by atoms with van der Waals surface area (Å²) in [5.41, 5.74) is -0.117. The summed E-state index contributed by atoms with van der Waals surface area (Å²) in [6.45, 7) is 1.88. The second kappa shape index (κ2) is 3.17. The maximum Gasteiger partial charge on any atom is 0.163 e. The third-order valence-electron chi connectivity index (χ3n) is 3.00. The number of ketones is 1. The van der Waals surface area contributed by atoms with Crippen LogP contribution >= 0.6 is 0 Å². The average Bonchev–Trinajstić information content (AvgIpc) is 2.02. The Bertz CT molecular complexity index is 247. The molecule has 0 N–H and O–H groups in total. The summed E-state index contributed by atoms with van der Waals surface area (Å²) in [6, 6.07) is 0. The van der Waals surface area contributed by atoms with Crippen molar-refractivity contribution in [2.45, 2.75) is 51.0 Å². The highest BCUT2D eigenvalue weighted by atomic mass is 16.5. The molecule has 2 aliphatic rings. The largest absolute Gasteiger partial charge is 0.491 e. The van der Waals surface area contributed by atoms with Crippen LogP contribution in [0, 0.1) is 0 Å². The second-order valence-corrected chi connectivity index (χ2v) is 4.24. The van der Waals surface area contributed by atoms with Gasteiger partial charge in [0.15, 0.2) is 5.78 Å². The molecule has 0 saturated heterocycles. The SMILES string of the molecule is CC1=CC(=O)CC2(CCCCC2)O1. The van der Waals surface area contributed by atoms with Gasteiger partial charge in [0.1, 0.15) is 5.60 Å². The fourth-order valence-corrected chi connectivity index (χ4v) is 2.48. The molecule has 0 aromatic carbocycles. The average molecular weight is 180 g/mol. The van der Waals surface area contributed by atoms with Gasteiger partial charge in [0.25, 0.3) is 0 Å². The molecule has 1 heterocycles. The third-order valence-corrected chi connectivity index (χ3v) is 3.00. The fourth-order valence-electron chi connectivity index (χ4n) is 2.48. The molecule has 0 aromatic heterocycles. The molecule has 1 fully saturated rings. The van der Waals surface area contributed by atoms with Crippen LogP contribution in [0.2, 0.25) is 0 Å². The maximum atomic E-state index is 11.4. The zero-order valence-electron chi connectivity index (χ0n) is 8.14. The molecule has 0 unspecified atom stereocenters. The molecule has 72 valence electrons. The zero-order chi connectivity index (χ0) is 9.31. The molecule has 1 saturated carbocycles. The Morgan fingerprint density at radius 2 is 2.00 bits per heavy atom. The van der Waals surface area contributed by atoms with Crippen LogP contribution in [0.4, 0.5) is 0 Å². The number of ether oxygens (including phenoxy) is 1. The molecule has 1 aliphatic heterocycles. The lowest BCUT2D eigenvalue weighted by atomic mass is 9.80. The topological polar surface area (TPSA) is 26.3 Å². The van der Waals surface area contributed by atoms with Gasteiger partial charge >= 0.3 is 0 Å². The Balaban J connectivity index is 2.15. The molecule has 0 atom stereocenters. The van der Waals surface area contributed by atoms with Crippen LogP contribution in [-0.4, -0.2) is 11.4 Å². The van der Waals surface area contributed by atoms with Crippen molar-refractivity contribution in [3.05, 3.63) is 11.8 Å². The van der Waals surface area contributed by atoms with Gasteiger partial charge in [-0.25, -0.2) is 0 Å². The molecule has 2 heteroatoms. The highest BCUT2D eigenvalue weighted by Crippen LogP contribution is 2.38. The number of rotatable bonds is 0. The van der Waals surface area contributed by atoms with E-state index in [0.717, 1.165) is 18.6 Å². The molecular formula is C11H16O2. The first-order chi connectivity index (χ1) is 6.20. The summed E-state index contributed by atoms with van der Waals surface area (Å²) < 4.78 is 5.83. The highest BCUT2D eigenvalue weighted by Gasteiger charge is 2.38. The Morgan fingerprint density at radius 3 is 2.62 bits per heavy atom. The molecule has 0 radical (unpaired) electrons. The predicted molar refractivity (Wildman–Crippen MR) is 50.3 cm³/mol. The normalized spacial score (nSPS) is 26.8. The van der Waals surface area contributed by atoms with E-state index in [1.807, 2.05) is 6.92 Å². The first kappa shape index (κ1) is 8.79. The Kier molecular flexibility index (Phi) is 2.14. The van der Waals surface area contributed by atoms with Gasteiger partial charge in [-0.2, -0.15) is 0 Å². The van der Waals surface area contributed by atoms with Crippen LogP contribution < -0.4 is 0 Å². The molecule has 0 bridgehead atoms. The van der Waals surface area contributed by atoms with E-state index >= 15 is 0 Å². The Labute approximate surface area is 79.0 Å². The van der Waals surface area contributed by atoms with E-state index in [4.69, 9.17) is 4.74 Å². The van der Waals surface area contributed by atoms with Crippen LogP contribution in [0.25, 0.3) is 0 Å².